The topological polar surface area (TPSA) is 226 Å². The first-order valence-electron chi connectivity index (χ1n) is 18.8. The lowest BCUT2D eigenvalue weighted by atomic mass is 10.1. The van der Waals surface area contributed by atoms with Crippen molar-refractivity contribution in [3.63, 3.8) is 0 Å². The standard InChI is InChI=1S/C17H17N3O3S.C13H21N3O4.C5H9O2P.C4H10/c1-9(2)16(22)20-17-19-14(8-24-17)13-7-15(21)11-5-4-10(23-3)6-12(11)18-13;14-12(18)10-6-3-7-16(10)11(17)8-15-13(19)20-9-4-1-2-5-9;1-2-4-3-5(4)8(6)7;1-4(2)3/h4-9H,1-3H3,(H,18,21)(H,19,20,22);9-10H,1-8H2,(H2,14,18)(H,15,19);2,4-7H,1,3H2;4H,1-3H3. The summed E-state index contributed by atoms with van der Waals surface area (Å²) in [5.74, 6) is 0.881. The minimum Gasteiger partial charge on any atom is -0.497 e. The highest BCUT2D eigenvalue weighted by Gasteiger charge is 2.40. The third-order valence-corrected chi connectivity index (χ3v) is 10.8. The van der Waals surface area contributed by atoms with Crippen LogP contribution in [0.2, 0.25) is 0 Å². The van der Waals surface area contributed by atoms with Crippen molar-refractivity contribution in [1.29, 1.82) is 0 Å². The van der Waals surface area contributed by atoms with Crippen LogP contribution in [0.15, 0.2) is 47.1 Å². The van der Waals surface area contributed by atoms with Gasteiger partial charge in [0.25, 0.3) is 0 Å². The first kappa shape index (κ1) is 46.0. The molecule has 15 nitrogen and oxygen atoms in total. The Morgan fingerprint density at radius 1 is 1.11 bits per heavy atom. The monoisotopic (exact) mass is 816 g/mol. The smallest absolute Gasteiger partial charge is 0.407 e. The number of fused-ring (bicyclic) bond motifs is 1. The van der Waals surface area contributed by atoms with Crippen LogP contribution < -0.4 is 26.5 Å². The van der Waals surface area contributed by atoms with Gasteiger partial charge in [-0.15, -0.1) is 17.9 Å². The van der Waals surface area contributed by atoms with E-state index < -0.39 is 26.4 Å². The molecule has 2 saturated carbocycles. The predicted octanol–water partition coefficient (Wildman–Crippen LogP) is 5.91. The molecule has 6 rings (SSSR count). The molecule has 1 aromatic carbocycles. The van der Waals surface area contributed by atoms with E-state index >= 15 is 0 Å². The number of hydrogen-bond acceptors (Lipinski definition) is 11. The lowest BCUT2D eigenvalue weighted by Gasteiger charge is -2.22. The van der Waals surface area contributed by atoms with E-state index in [0.717, 1.165) is 44.4 Å². The molecule has 7 N–H and O–H groups in total. The Kier molecular flexibility index (Phi) is 18.4. The molecule has 0 radical (unpaired) electrons. The second-order valence-electron chi connectivity index (χ2n) is 14.7. The van der Waals surface area contributed by atoms with Crippen molar-refractivity contribution in [1.82, 2.24) is 20.2 Å². The number of nitrogens with two attached hydrogens (primary N) is 1. The lowest BCUT2D eigenvalue weighted by molar-refractivity contribution is -0.136. The largest absolute Gasteiger partial charge is 0.497 e. The molecule has 3 fully saturated rings. The van der Waals surface area contributed by atoms with E-state index in [4.69, 9.17) is 25.0 Å². The molecule has 0 spiro atoms. The number of primary amides is 1. The maximum atomic E-state index is 12.3. The van der Waals surface area contributed by atoms with Crippen LogP contribution in [0.25, 0.3) is 22.3 Å². The number of pyridine rings is 1. The Morgan fingerprint density at radius 2 is 1.79 bits per heavy atom. The number of thiazole rings is 1. The third kappa shape index (κ3) is 14.6. The number of carbonyl (C=O) groups excluding carboxylic acids is 4. The van der Waals surface area contributed by atoms with Crippen LogP contribution in [0.3, 0.4) is 0 Å². The number of aromatic amines is 1. The summed E-state index contributed by atoms with van der Waals surface area (Å²) < 4.78 is 10.4. The molecule has 308 valence electrons. The number of benzene rings is 1. The summed E-state index contributed by atoms with van der Waals surface area (Å²) in [6.45, 7) is 14.0. The van der Waals surface area contributed by atoms with Crippen LogP contribution in [0.4, 0.5) is 9.93 Å². The molecule has 3 heterocycles. The summed E-state index contributed by atoms with van der Waals surface area (Å²) in [5, 5.41) is 8.09. The molecule has 1 saturated heterocycles. The Balaban J connectivity index is 0.000000235. The van der Waals surface area contributed by atoms with E-state index in [1.807, 2.05) is 13.8 Å². The number of carbonyl (C=O) groups is 4. The average molecular weight is 817 g/mol. The molecule has 3 unspecified atom stereocenters. The quantitative estimate of drug-likeness (QED) is 0.105. The number of aromatic nitrogens is 2. The van der Waals surface area contributed by atoms with Crippen molar-refractivity contribution in [3.8, 4) is 17.1 Å². The fraction of sp³-hybridized carbons (Fsp3) is 0.538. The highest BCUT2D eigenvalue weighted by atomic mass is 32.1. The third-order valence-electron chi connectivity index (χ3n) is 8.84. The van der Waals surface area contributed by atoms with Gasteiger partial charge in [0, 0.05) is 41.0 Å². The fourth-order valence-electron chi connectivity index (χ4n) is 5.73. The van der Waals surface area contributed by atoms with Crippen molar-refractivity contribution >= 4 is 59.6 Å². The predicted molar refractivity (Wildman–Crippen MR) is 220 cm³/mol. The molecule has 0 bridgehead atoms. The number of anilines is 1. The Hall–Kier alpha value is -4.37. The Bertz CT molecular complexity index is 1840. The number of H-pyrrole nitrogens is 1. The second-order valence-corrected chi connectivity index (χ2v) is 16.9. The van der Waals surface area contributed by atoms with Gasteiger partial charge in [0.15, 0.2) is 18.9 Å². The minimum atomic E-state index is -1.66. The van der Waals surface area contributed by atoms with Gasteiger partial charge in [-0.1, -0.05) is 40.7 Å². The molecule has 3 atom stereocenters. The number of amides is 4. The summed E-state index contributed by atoms with van der Waals surface area (Å²) in [6, 6.07) is 6.22. The van der Waals surface area contributed by atoms with Crippen molar-refractivity contribution in [2.75, 3.05) is 25.5 Å². The van der Waals surface area contributed by atoms with Crippen LogP contribution in [-0.4, -0.2) is 86.5 Å². The van der Waals surface area contributed by atoms with Gasteiger partial charge >= 0.3 is 6.09 Å². The summed E-state index contributed by atoms with van der Waals surface area (Å²) in [4.78, 5) is 84.9. The Labute approximate surface area is 333 Å². The summed E-state index contributed by atoms with van der Waals surface area (Å²) in [6.07, 6.45) is 7.37. The fourth-order valence-corrected chi connectivity index (χ4v) is 7.34. The average Bonchev–Trinajstić information content (AvgIpc) is 3.49. The number of hydrogen-bond donors (Lipinski definition) is 6. The van der Waals surface area contributed by atoms with E-state index in [0.29, 0.717) is 52.1 Å². The first-order chi connectivity index (χ1) is 26.5. The molecule has 17 heteroatoms. The maximum absolute atomic E-state index is 12.3. The van der Waals surface area contributed by atoms with Crippen molar-refractivity contribution in [2.45, 2.75) is 97.4 Å². The number of nitrogens with zero attached hydrogens (tertiary/aromatic N) is 2. The summed E-state index contributed by atoms with van der Waals surface area (Å²) >= 11 is 1.32. The lowest BCUT2D eigenvalue weighted by Crippen LogP contribution is -2.47. The van der Waals surface area contributed by atoms with E-state index in [1.165, 1.54) is 22.3 Å². The van der Waals surface area contributed by atoms with Gasteiger partial charge < -0.3 is 45.5 Å². The highest BCUT2D eigenvalue weighted by Crippen LogP contribution is 2.52. The maximum Gasteiger partial charge on any atom is 0.407 e. The molecule has 3 aromatic rings. The van der Waals surface area contributed by atoms with Gasteiger partial charge in [-0.3, -0.25) is 19.2 Å². The summed E-state index contributed by atoms with van der Waals surface area (Å²) in [7, 11) is -0.0881. The van der Waals surface area contributed by atoms with Gasteiger partial charge in [-0.2, -0.15) is 0 Å². The zero-order valence-electron chi connectivity index (χ0n) is 33.1. The van der Waals surface area contributed by atoms with E-state index in [9.17, 15) is 24.0 Å². The van der Waals surface area contributed by atoms with E-state index in [-0.39, 0.29) is 41.5 Å². The molecule has 2 aromatic heterocycles. The summed E-state index contributed by atoms with van der Waals surface area (Å²) in [5.41, 5.74) is 7.18. The van der Waals surface area contributed by atoms with Crippen molar-refractivity contribution < 1.29 is 38.4 Å². The molecule has 4 amide bonds. The van der Waals surface area contributed by atoms with Crippen LogP contribution in [0.5, 0.6) is 5.75 Å². The van der Waals surface area contributed by atoms with E-state index in [2.05, 4.69) is 48.0 Å². The Morgan fingerprint density at radius 3 is 2.34 bits per heavy atom. The van der Waals surface area contributed by atoms with Crippen LogP contribution in [0, 0.1) is 17.8 Å². The van der Waals surface area contributed by atoms with Gasteiger partial charge in [0.2, 0.25) is 17.7 Å². The zero-order chi connectivity index (χ0) is 41.5. The molecular weight excluding hydrogens is 760 g/mol. The molecule has 3 aliphatic rings. The van der Waals surface area contributed by atoms with Crippen LogP contribution in [0.1, 0.15) is 79.6 Å². The van der Waals surface area contributed by atoms with Gasteiger partial charge in [0.1, 0.15) is 24.4 Å². The number of methoxy groups -OCH3 is 1. The van der Waals surface area contributed by atoms with Gasteiger partial charge in [0.05, 0.1) is 24.0 Å². The van der Waals surface area contributed by atoms with Gasteiger partial charge in [-0.05, 0) is 68.9 Å². The minimum absolute atomic E-state index is 0.0322. The van der Waals surface area contributed by atoms with E-state index in [1.54, 1.807) is 36.8 Å². The molecular formula is C39H57N6O9PS. The number of ether oxygens (including phenoxy) is 2. The second kappa shape index (κ2) is 22.4. The zero-order valence-corrected chi connectivity index (χ0v) is 34.8. The van der Waals surface area contributed by atoms with Crippen LogP contribution >= 0.6 is 19.7 Å². The van der Waals surface area contributed by atoms with Gasteiger partial charge in [-0.25, -0.2) is 9.78 Å². The number of nitrogens with one attached hydrogen (secondary N) is 3. The highest BCUT2D eigenvalue weighted by molar-refractivity contribution is 7.46. The van der Waals surface area contributed by atoms with Crippen molar-refractivity contribution in [3.05, 3.63) is 52.5 Å². The number of allylic oxidation sites excluding steroid dienone is 1. The number of alkyl carbamates (subject to hydrolysis) is 1. The number of rotatable bonds is 10. The number of likely N-dealkylation sites (tertiary alicyclic amines) is 1. The molecule has 56 heavy (non-hydrogen) atoms. The molecule has 1 aliphatic heterocycles. The molecule has 2 aliphatic carbocycles. The SMILES string of the molecule is C=CC1CC1P(O)O.CC(C)C.COc1ccc2c(=O)cc(-c3csc(NC(=O)C(C)C)n3)[nH]c2c1.NC(=O)C1CCCN1C(=O)CNC(=O)OC1CCCC1. The normalized spacial score (nSPS) is 18.6. The van der Waals surface area contributed by atoms with Crippen molar-refractivity contribution in [2.24, 2.45) is 23.5 Å². The first-order valence-corrected chi connectivity index (χ1v) is 21.0. The van der Waals surface area contributed by atoms with Crippen LogP contribution in [-0.2, 0) is 19.1 Å².